The van der Waals surface area contributed by atoms with E-state index in [1.54, 1.807) is 23.0 Å². The smallest absolute Gasteiger partial charge is 0.283 e. The molecule has 0 radical (unpaired) electrons. The summed E-state index contributed by atoms with van der Waals surface area (Å²) in [6, 6.07) is 9.09. The summed E-state index contributed by atoms with van der Waals surface area (Å²) >= 11 is 0. The van der Waals surface area contributed by atoms with Crippen molar-refractivity contribution < 1.29 is 9.63 Å². The van der Waals surface area contributed by atoms with E-state index in [4.69, 9.17) is 9.82 Å². The summed E-state index contributed by atoms with van der Waals surface area (Å²) in [5, 5.41) is 4.27. The van der Waals surface area contributed by atoms with E-state index >= 15 is 0 Å². The van der Waals surface area contributed by atoms with Gasteiger partial charge in [0, 0.05) is 41.7 Å². The quantitative estimate of drug-likeness (QED) is 0.559. The molecule has 0 bridgehead atoms. The standard InChI is InChI=1S/C25H30N4O2/c1-17(19-10-6-4-7-11-19)22-15-26-23(21-14-27-29(3)16-21)18(2)24(22)31-28-25(30)20-12-8-5-9-13-20/h5,8-9,12-17,19H,4,6-7,10-11H2,1-3H3,(H,28,30)/t17-/m0/s1. The number of hydrogen-bond acceptors (Lipinski definition) is 4. The summed E-state index contributed by atoms with van der Waals surface area (Å²) in [6.45, 7) is 4.25. The Labute approximate surface area is 183 Å². The van der Waals surface area contributed by atoms with E-state index in [-0.39, 0.29) is 5.91 Å². The summed E-state index contributed by atoms with van der Waals surface area (Å²) in [7, 11) is 1.88. The van der Waals surface area contributed by atoms with E-state index in [0.29, 0.717) is 23.1 Å². The second-order valence-electron chi connectivity index (χ2n) is 8.50. The Morgan fingerprint density at radius 2 is 1.90 bits per heavy atom. The SMILES string of the molecule is Cc1c(-c2cnn(C)c2)ncc([C@@H](C)C2CCCCC2)c1ONC(=O)c1ccccc1. The summed E-state index contributed by atoms with van der Waals surface area (Å²) in [5.74, 6) is 1.33. The highest BCUT2D eigenvalue weighted by molar-refractivity contribution is 5.93. The average Bonchev–Trinajstić information content (AvgIpc) is 3.24. The van der Waals surface area contributed by atoms with Crippen LogP contribution in [-0.2, 0) is 7.05 Å². The number of hydrogen-bond donors (Lipinski definition) is 1. The number of benzene rings is 1. The van der Waals surface area contributed by atoms with Crippen LogP contribution in [0.3, 0.4) is 0 Å². The Kier molecular flexibility index (Phi) is 6.35. The zero-order chi connectivity index (χ0) is 21.8. The van der Waals surface area contributed by atoms with Gasteiger partial charge in [-0.3, -0.25) is 14.5 Å². The van der Waals surface area contributed by atoms with Crippen molar-refractivity contribution in [2.75, 3.05) is 0 Å². The van der Waals surface area contributed by atoms with Gasteiger partial charge in [-0.05, 0) is 43.7 Å². The minimum atomic E-state index is -0.268. The Balaban J connectivity index is 1.66. The molecule has 1 aliphatic carbocycles. The van der Waals surface area contributed by atoms with Gasteiger partial charge < -0.3 is 4.84 Å². The number of nitrogens with one attached hydrogen (secondary N) is 1. The van der Waals surface area contributed by atoms with E-state index in [2.05, 4.69) is 17.5 Å². The number of amides is 1. The van der Waals surface area contributed by atoms with Crippen LogP contribution in [0.1, 0.15) is 66.4 Å². The lowest BCUT2D eigenvalue weighted by atomic mass is 9.77. The Morgan fingerprint density at radius 3 is 2.58 bits per heavy atom. The van der Waals surface area contributed by atoms with Crippen molar-refractivity contribution in [3.8, 4) is 17.0 Å². The third-order valence-corrected chi connectivity index (χ3v) is 6.40. The number of carbonyl (C=O) groups excluding carboxylic acids is 1. The van der Waals surface area contributed by atoms with Crippen LogP contribution in [0.2, 0.25) is 0 Å². The maximum Gasteiger partial charge on any atom is 0.283 e. The topological polar surface area (TPSA) is 69.0 Å². The first-order valence-electron chi connectivity index (χ1n) is 11.1. The second-order valence-corrected chi connectivity index (χ2v) is 8.50. The number of rotatable bonds is 6. The molecule has 6 nitrogen and oxygen atoms in total. The largest absolute Gasteiger partial charge is 0.379 e. The monoisotopic (exact) mass is 418 g/mol. The Bertz CT molecular complexity index is 1040. The molecule has 1 N–H and O–H groups in total. The van der Waals surface area contributed by atoms with E-state index in [0.717, 1.165) is 22.4 Å². The average molecular weight is 419 g/mol. The predicted molar refractivity (Wildman–Crippen MR) is 121 cm³/mol. The molecule has 1 aromatic carbocycles. The van der Waals surface area contributed by atoms with Gasteiger partial charge >= 0.3 is 0 Å². The van der Waals surface area contributed by atoms with Gasteiger partial charge in [-0.15, -0.1) is 0 Å². The number of aromatic nitrogens is 3. The van der Waals surface area contributed by atoms with Gasteiger partial charge in [0.05, 0.1) is 11.9 Å². The highest BCUT2D eigenvalue weighted by Crippen LogP contribution is 2.41. The molecule has 0 saturated heterocycles. The van der Waals surface area contributed by atoms with Crippen LogP contribution >= 0.6 is 0 Å². The Morgan fingerprint density at radius 1 is 1.16 bits per heavy atom. The minimum Gasteiger partial charge on any atom is -0.379 e. The number of hydroxylamine groups is 1. The molecule has 0 spiro atoms. The van der Waals surface area contributed by atoms with Crippen molar-refractivity contribution >= 4 is 5.91 Å². The van der Waals surface area contributed by atoms with Crippen LogP contribution in [0.4, 0.5) is 0 Å². The molecule has 2 aromatic heterocycles. The number of aryl methyl sites for hydroxylation is 1. The van der Waals surface area contributed by atoms with Gasteiger partial charge in [0.2, 0.25) is 0 Å². The highest BCUT2D eigenvalue weighted by atomic mass is 16.7. The van der Waals surface area contributed by atoms with E-state index in [9.17, 15) is 4.79 Å². The minimum absolute atomic E-state index is 0.268. The predicted octanol–water partition coefficient (Wildman–Crippen LogP) is 5.20. The van der Waals surface area contributed by atoms with Crippen LogP contribution in [0, 0.1) is 12.8 Å². The maximum atomic E-state index is 12.6. The van der Waals surface area contributed by atoms with E-state index < -0.39 is 0 Å². The summed E-state index contributed by atoms with van der Waals surface area (Å²) < 4.78 is 1.76. The maximum absolute atomic E-state index is 12.6. The van der Waals surface area contributed by atoms with Crippen molar-refractivity contribution in [3.63, 3.8) is 0 Å². The van der Waals surface area contributed by atoms with Crippen molar-refractivity contribution in [1.29, 1.82) is 0 Å². The number of carbonyl (C=O) groups is 1. The first kappa shape index (κ1) is 21.1. The lowest BCUT2D eigenvalue weighted by Crippen LogP contribution is -2.28. The van der Waals surface area contributed by atoms with Crippen molar-refractivity contribution in [3.05, 3.63) is 65.6 Å². The number of nitrogens with zero attached hydrogens (tertiary/aromatic N) is 3. The van der Waals surface area contributed by atoms with Gasteiger partial charge in [0.25, 0.3) is 5.91 Å². The van der Waals surface area contributed by atoms with Crippen LogP contribution < -0.4 is 10.3 Å². The van der Waals surface area contributed by atoms with E-state index in [1.165, 1.54) is 32.1 Å². The summed E-state index contributed by atoms with van der Waals surface area (Å²) in [4.78, 5) is 23.4. The molecule has 0 unspecified atom stereocenters. The molecule has 1 saturated carbocycles. The fourth-order valence-electron chi connectivity index (χ4n) is 4.54. The fraction of sp³-hybridized carbons (Fsp3) is 0.400. The first-order valence-corrected chi connectivity index (χ1v) is 11.1. The molecule has 4 rings (SSSR count). The van der Waals surface area contributed by atoms with E-state index in [1.807, 2.05) is 44.6 Å². The Hall–Kier alpha value is -3.15. The molecule has 6 heteroatoms. The third-order valence-electron chi connectivity index (χ3n) is 6.40. The van der Waals surface area contributed by atoms with Gasteiger partial charge in [-0.1, -0.05) is 44.4 Å². The first-order chi connectivity index (χ1) is 15.0. The molecule has 3 aromatic rings. The highest BCUT2D eigenvalue weighted by Gasteiger charge is 2.27. The summed E-state index contributed by atoms with van der Waals surface area (Å²) in [5.41, 5.74) is 6.90. The molecule has 31 heavy (non-hydrogen) atoms. The lowest BCUT2D eigenvalue weighted by molar-refractivity contribution is 0.0755. The van der Waals surface area contributed by atoms with Gasteiger partial charge in [-0.2, -0.15) is 10.6 Å². The second kappa shape index (κ2) is 9.33. The van der Waals surface area contributed by atoms with Crippen molar-refractivity contribution in [2.24, 2.45) is 13.0 Å². The molecule has 1 atom stereocenters. The molecule has 2 heterocycles. The van der Waals surface area contributed by atoms with Gasteiger partial charge in [0.1, 0.15) is 0 Å². The normalized spacial score (nSPS) is 15.5. The third kappa shape index (κ3) is 4.63. The van der Waals surface area contributed by atoms with Crippen molar-refractivity contribution in [2.45, 2.75) is 51.9 Å². The van der Waals surface area contributed by atoms with Crippen LogP contribution in [0.5, 0.6) is 5.75 Å². The van der Waals surface area contributed by atoms with Crippen LogP contribution in [-0.4, -0.2) is 20.7 Å². The van der Waals surface area contributed by atoms with Crippen LogP contribution in [0.15, 0.2) is 48.9 Å². The molecule has 1 amide bonds. The molecule has 0 aliphatic heterocycles. The molecule has 1 fully saturated rings. The summed E-state index contributed by atoms with van der Waals surface area (Å²) in [6.07, 6.45) is 12.0. The van der Waals surface area contributed by atoms with Gasteiger partial charge in [0.15, 0.2) is 5.75 Å². The molecular weight excluding hydrogens is 388 g/mol. The molecule has 1 aliphatic rings. The van der Waals surface area contributed by atoms with Crippen molar-refractivity contribution in [1.82, 2.24) is 20.2 Å². The zero-order valence-electron chi connectivity index (χ0n) is 18.5. The lowest BCUT2D eigenvalue weighted by Gasteiger charge is -2.29. The number of pyridine rings is 1. The van der Waals surface area contributed by atoms with Crippen LogP contribution in [0.25, 0.3) is 11.3 Å². The molecular formula is C25H30N4O2. The zero-order valence-corrected chi connectivity index (χ0v) is 18.5. The molecule has 162 valence electrons. The van der Waals surface area contributed by atoms with Gasteiger partial charge in [-0.25, -0.2) is 0 Å². The fourth-order valence-corrected chi connectivity index (χ4v) is 4.54.